The van der Waals surface area contributed by atoms with Gasteiger partial charge in [-0.25, -0.2) is 4.98 Å². The van der Waals surface area contributed by atoms with Crippen LogP contribution in [-0.4, -0.2) is 9.91 Å². The fourth-order valence-corrected chi connectivity index (χ4v) is 3.86. The van der Waals surface area contributed by atoms with Crippen molar-refractivity contribution in [1.82, 2.24) is 4.98 Å². The average Bonchev–Trinajstić information content (AvgIpc) is 2.87. The first-order valence-electron chi connectivity index (χ1n) is 6.04. The van der Waals surface area contributed by atoms with Crippen LogP contribution in [-0.2, 0) is 5.75 Å². The number of nitrogens with zero attached hydrogens (tertiary/aromatic N) is 2. The summed E-state index contributed by atoms with van der Waals surface area (Å²) in [5.41, 5.74) is 1.14. The molecule has 7 heteroatoms. The Morgan fingerprint density at radius 1 is 1.29 bits per heavy atom. The number of para-hydroxylation sites is 1. The van der Waals surface area contributed by atoms with Crippen molar-refractivity contribution >= 4 is 39.0 Å². The molecule has 1 aromatic heterocycles. The van der Waals surface area contributed by atoms with Crippen LogP contribution < -0.4 is 0 Å². The molecule has 0 N–H and O–H groups in total. The van der Waals surface area contributed by atoms with E-state index in [0.717, 1.165) is 14.6 Å². The highest BCUT2D eigenvalue weighted by molar-refractivity contribution is 8.00. The molecule has 3 aromatic rings. The molecule has 0 unspecified atom stereocenters. The number of aromatic nitrogens is 1. The van der Waals surface area contributed by atoms with Gasteiger partial charge in [-0.1, -0.05) is 30.0 Å². The van der Waals surface area contributed by atoms with E-state index in [-0.39, 0.29) is 0 Å². The fourth-order valence-electron chi connectivity index (χ4n) is 1.85. The lowest BCUT2D eigenvalue weighted by Gasteiger charge is -2.00. The van der Waals surface area contributed by atoms with Crippen molar-refractivity contribution in [3.8, 4) is 0 Å². The Bertz CT molecular complexity index is 787. The molecular formula is C14H9FN2O2S2. The number of hydrogen-bond donors (Lipinski definition) is 0. The Kier molecular flexibility index (Phi) is 3.85. The number of benzene rings is 2. The van der Waals surface area contributed by atoms with Crippen molar-refractivity contribution in [3.63, 3.8) is 0 Å². The topological polar surface area (TPSA) is 56.0 Å². The molecule has 0 fully saturated rings. The summed E-state index contributed by atoms with van der Waals surface area (Å²) in [5.74, 6) is -0.281. The molecule has 4 nitrogen and oxygen atoms in total. The molecular weight excluding hydrogens is 311 g/mol. The van der Waals surface area contributed by atoms with Crippen LogP contribution in [0.15, 0.2) is 46.8 Å². The third-order valence-corrected chi connectivity index (χ3v) is 5.10. The second kappa shape index (κ2) is 5.79. The lowest BCUT2D eigenvalue weighted by Crippen LogP contribution is -1.93. The summed E-state index contributed by atoms with van der Waals surface area (Å²) in [4.78, 5) is 14.3. The summed E-state index contributed by atoms with van der Waals surface area (Å²) in [6.07, 6.45) is 0. The monoisotopic (exact) mass is 320 g/mol. The molecule has 0 saturated heterocycles. The first-order valence-corrected chi connectivity index (χ1v) is 7.85. The Labute approximate surface area is 127 Å². The number of nitro benzene ring substituents is 1. The second-order valence-corrected chi connectivity index (χ2v) is 6.53. The van der Waals surface area contributed by atoms with E-state index in [1.54, 1.807) is 17.4 Å². The number of hydrogen-bond acceptors (Lipinski definition) is 5. The first kappa shape index (κ1) is 14.0. The minimum atomic E-state index is -0.803. The predicted octanol–water partition coefficient (Wildman–Crippen LogP) is 4.64. The van der Waals surface area contributed by atoms with Gasteiger partial charge in [0.25, 0.3) is 0 Å². The molecule has 2 aromatic carbocycles. The van der Waals surface area contributed by atoms with Gasteiger partial charge in [0.1, 0.15) is 0 Å². The Balaban J connectivity index is 1.75. The molecule has 1 heterocycles. The van der Waals surface area contributed by atoms with Gasteiger partial charge in [0, 0.05) is 11.8 Å². The summed E-state index contributed by atoms with van der Waals surface area (Å²) >= 11 is 3.07. The third-order valence-electron chi connectivity index (χ3n) is 2.85. The van der Waals surface area contributed by atoms with E-state index in [2.05, 4.69) is 4.98 Å². The van der Waals surface area contributed by atoms with Crippen LogP contribution in [0.3, 0.4) is 0 Å². The van der Waals surface area contributed by atoms with Crippen LogP contribution in [0.2, 0.25) is 0 Å². The highest BCUT2D eigenvalue weighted by atomic mass is 32.2. The van der Waals surface area contributed by atoms with Crippen LogP contribution in [0.1, 0.15) is 5.56 Å². The number of nitro groups is 1. The van der Waals surface area contributed by atoms with Crippen LogP contribution in [0.25, 0.3) is 10.2 Å². The fraction of sp³-hybridized carbons (Fsp3) is 0.0714. The predicted molar refractivity (Wildman–Crippen MR) is 82.2 cm³/mol. The van der Waals surface area contributed by atoms with E-state index in [9.17, 15) is 14.5 Å². The summed E-state index contributed by atoms with van der Waals surface area (Å²) in [7, 11) is 0. The second-order valence-electron chi connectivity index (χ2n) is 4.28. The zero-order valence-electron chi connectivity index (χ0n) is 10.7. The lowest BCUT2D eigenvalue weighted by atomic mass is 10.2. The van der Waals surface area contributed by atoms with E-state index in [1.165, 1.54) is 23.9 Å². The maximum atomic E-state index is 13.5. The number of fused-ring (bicyclic) bond motifs is 1. The summed E-state index contributed by atoms with van der Waals surface area (Å²) < 4.78 is 15.5. The van der Waals surface area contributed by atoms with Crippen molar-refractivity contribution in [1.29, 1.82) is 0 Å². The van der Waals surface area contributed by atoms with Crippen LogP contribution in [0.4, 0.5) is 10.1 Å². The maximum Gasteiger partial charge on any atom is 0.304 e. The Hall–Kier alpha value is -1.99. The zero-order valence-corrected chi connectivity index (χ0v) is 12.3. The number of rotatable bonds is 4. The lowest BCUT2D eigenvalue weighted by molar-refractivity contribution is -0.387. The highest BCUT2D eigenvalue weighted by Crippen LogP contribution is 2.32. The summed E-state index contributed by atoms with van der Waals surface area (Å²) in [6.45, 7) is 0. The molecule has 0 bridgehead atoms. The zero-order chi connectivity index (χ0) is 14.8. The number of thiazole rings is 1. The maximum absolute atomic E-state index is 13.5. The largest absolute Gasteiger partial charge is 0.304 e. The van der Waals surface area contributed by atoms with Gasteiger partial charge in [-0.05, 0) is 23.8 Å². The van der Waals surface area contributed by atoms with Gasteiger partial charge in [-0.3, -0.25) is 10.1 Å². The SMILES string of the molecule is O=[N+]([O-])c1ccc(CSc2nc3ccccc3s2)cc1F. The molecule has 0 atom stereocenters. The Morgan fingerprint density at radius 2 is 2.10 bits per heavy atom. The van der Waals surface area contributed by atoms with Crippen molar-refractivity contribution in [2.75, 3.05) is 0 Å². The third kappa shape index (κ3) is 3.03. The number of thioether (sulfide) groups is 1. The van der Waals surface area contributed by atoms with Gasteiger partial charge in [0.05, 0.1) is 15.1 Å². The van der Waals surface area contributed by atoms with Crippen molar-refractivity contribution in [2.45, 2.75) is 10.1 Å². The van der Waals surface area contributed by atoms with Gasteiger partial charge in [-0.2, -0.15) is 4.39 Å². The molecule has 0 aliphatic heterocycles. The van der Waals surface area contributed by atoms with E-state index >= 15 is 0 Å². The molecule has 0 amide bonds. The normalized spacial score (nSPS) is 10.9. The standard InChI is InChI=1S/C14H9FN2O2S2/c15-10-7-9(5-6-12(10)17(18)19)8-20-14-16-11-3-1-2-4-13(11)21-14/h1-7H,8H2. The van der Waals surface area contributed by atoms with Crippen LogP contribution in [0, 0.1) is 15.9 Å². The highest BCUT2D eigenvalue weighted by Gasteiger charge is 2.14. The molecule has 0 aliphatic carbocycles. The molecule has 3 rings (SSSR count). The van der Waals surface area contributed by atoms with Gasteiger partial charge in [-0.15, -0.1) is 11.3 Å². The van der Waals surface area contributed by atoms with Crippen molar-refractivity contribution in [2.24, 2.45) is 0 Å². The quantitative estimate of drug-likeness (QED) is 0.399. The molecule has 106 valence electrons. The van der Waals surface area contributed by atoms with E-state index in [1.807, 2.05) is 24.3 Å². The molecule has 21 heavy (non-hydrogen) atoms. The van der Waals surface area contributed by atoms with Crippen molar-refractivity contribution in [3.05, 3.63) is 64.0 Å². The van der Waals surface area contributed by atoms with Crippen LogP contribution in [0.5, 0.6) is 0 Å². The minimum Gasteiger partial charge on any atom is -0.258 e. The van der Waals surface area contributed by atoms with Gasteiger partial charge in [0.15, 0.2) is 4.34 Å². The molecule has 0 aliphatic rings. The van der Waals surface area contributed by atoms with E-state index in [0.29, 0.717) is 11.3 Å². The Morgan fingerprint density at radius 3 is 2.81 bits per heavy atom. The van der Waals surface area contributed by atoms with E-state index < -0.39 is 16.4 Å². The van der Waals surface area contributed by atoms with E-state index in [4.69, 9.17) is 0 Å². The number of halogens is 1. The molecule has 0 spiro atoms. The first-order chi connectivity index (χ1) is 10.1. The summed E-state index contributed by atoms with van der Waals surface area (Å²) in [5, 5.41) is 10.6. The van der Waals surface area contributed by atoms with Gasteiger partial charge < -0.3 is 0 Å². The van der Waals surface area contributed by atoms with Gasteiger partial charge >= 0.3 is 5.69 Å². The summed E-state index contributed by atoms with van der Waals surface area (Å²) in [6, 6.07) is 11.8. The van der Waals surface area contributed by atoms with Gasteiger partial charge in [0.2, 0.25) is 5.82 Å². The smallest absolute Gasteiger partial charge is 0.258 e. The molecule has 0 radical (unpaired) electrons. The molecule has 0 saturated carbocycles. The minimum absolute atomic E-state index is 0.497. The van der Waals surface area contributed by atoms with Crippen molar-refractivity contribution < 1.29 is 9.31 Å². The van der Waals surface area contributed by atoms with Crippen LogP contribution >= 0.6 is 23.1 Å². The average molecular weight is 320 g/mol.